The first kappa shape index (κ1) is 21.7. The summed E-state index contributed by atoms with van der Waals surface area (Å²) in [5.41, 5.74) is 1.40. The minimum atomic E-state index is -0.646. The molecule has 0 spiro atoms. The van der Waals surface area contributed by atoms with E-state index in [1.165, 1.54) is 0 Å². The van der Waals surface area contributed by atoms with E-state index < -0.39 is 23.5 Å². The second kappa shape index (κ2) is 9.24. The lowest BCUT2D eigenvalue weighted by atomic mass is 9.92. The van der Waals surface area contributed by atoms with Crippen LogP contribution < -0.4 is 0 Å². The average Bonchev–Trinajstić information content (AvgIpc) is 3.43. The van der Waals surface area contributed by atoms with Crippen LogP contribution in [-0.4, -0.2) is 29.0 Å². The molecular weight excluding hydrogens is 386 g/mol. The van der Waals surface area contributed by atoms with Crippen LogP contribution in [0.25, 0.3) is 0 Å². The van der Waals surface area contributed by atoms with Crippen molar-refractivity contribution in [1.29, 1.82) is 0 Å². The zero-order valence-corrected chi connectivity index (χ0v) is 17.6. The van der Waals surface area contributed by atoms with Crippen LogP contribution in [0.4, 0.5) is 0 Å². The summed E-state index contributed by atoms with van der Waals surface area (Å²) < 4.78 is 16.0. The third-order valence-corrected chi connectivity index (χ3v) is 4.75. The molecule has 0 amide bonds. The molecule has 7 nitrogen and oxygen atoms in total. The summed E-state index contributed by atoms with van der Waals surface area (Å²) in [5.74, 6) is -1.14. The number of ether oxygens (including phenoxy) is 2. The van der Waals surface area contributed by atoms with E-state index in [0.29, 0.717) is 17.5 Å². The number of carbonyl (C=O) groups excluding carboxylic acids is 3. The SMILES string of the molecule is CC(C)(C)OC(=O)C[C@@H](CC(=O)OCc1ccccc1)c1noc(C=O)c1C1CC1. The van der Waals surface area contributed by atoms with Crippen LogP contribution in [0.15, 0.2) is 34.9 Å². The van der Waals surface area contributed by atoms with Crippen molar-refractivity contribution >= 4 is 18.2 Å². The van der Waals surface area contributed by atoms with Crippen LogP contribution in [0.3, 0.4) is 0 Å². The van der Waals surface area contributed by atoms with Crippen molar-refractivity contribution in [2.24, 2.45) is 0 Å². The zero-order chi connectivity index (χ0) is 21.7. The van der Waals surface area contributed by atoms with Gasteiger partial charge >= 0.3 is 11.9 Å². The maximum atomic E-state index is 12.5. The quantitative estimate of drug-likeness (QED) is 0.446. The van der Waals surface area contributed by atoms with Crippen molar-refractivity contribution in [1.82, 2.24) is 5.16 Å². The van der Waals surface area contributed by atoms with Gasteiger partial charge < -0.3 is 14.0 Å². The first-order valence-corrected chi connectivity index (χ1v) is 10.1. The lowest BCUT2D eigenvalue weighted by molar-refractivity contribution is -0.155. The summed E-state index contributed by atoms with van der Waals surface area (Å²) in [5, 5.41) is 4.05. The molecule has 1 aromatic heterocycles. The Morgan fingerprint density at radius 1 is 1.17 bits per heavy atom. The summed E-state index contributed by atoms with van der Waals surface area (Å²) in [7, 11) is 0. The summed E-state index contributed by atoms with van der Waals surface area (Å²) in [6.07, 6.45) is 2.36. The fourth-order valence-electron chi connectivity index (χ4n) is 3.33. The van der Waals surface area contributed by atoms with E-state index >= 15 is 0 Å². The number of hydrogen-bond acceptors (Lipinski definition) is 7. The number of hydrogen-bond donors (Lipinski definition) is 0. The first-order chi connectivity index (χ1) is 14.3. The van der Waals surface area contributed by atoms with Crippen LogP contribution in [-0.2, 0) is 25.7 Å². The van der Waals surface area contributed by atoms with Crippen LogP contribution in [0, 0.1) is 0 Å². The molecule has 30 heavy (non-hydrogen) atoms. The molecule has 2 aromatic rings. The smallest absolute Gasteiger partial charge is 0.307 e. The maximum Gasteiger partial charge on any atom is 0.307 e. The van der Waals surface area contributed by atoms with Crippen molar-refractivity contribution < 1.29 is 28.4 Å². The zero-order valence-electron chi connectivity index (χ0n) is 17.6. The number of esters is 2. The highest BCUT2D eigenvalue weighted by Gasteiger charge is 2.37. The Morgan fingerprint density at radius 3 is 2.43 bits per heavy atom. The van der Waals surface area contributed by atoms with Gasteiger partial charge in [-0.2, -0.15) is 0 Å². The molecule has 7 heteroatoms. The number of aldehydes is 1. The minimum absolute atomic E-state index is 0.0533. The van der Waals surface area contributed by atoms with Crippen LogP contribution >= 0.6 is 0 Å². The van der Waals surface area contributed by atoms with Gasteiger partial charge in [0.25, 0.3) is 0 Å². The molecule has 1 aliphatic carbocycles. The lowest BCUT2D eigenvalue weighted by Gasteiger charge is -2.21. The molecule has 1 heterocycles. The molecule has 1 aliphatic rings. The molecule has 1 fully saturated rings. The average molecular weight is 413 g/mol. The summed E-state index contributed by atoms with van der Waals surface area (Å²) in [6, 6.07) is 9.35. The van der Waals surface area contributed by atoms with E-state index in [4.69, 9.17) is 14.0 Å². The number of benzene rings is 1. The highest BCUT2D eigenvalue weighted by molar-refractivity contribution is 5.77. The van der Waals surface area contributed by atoms with Gasteiger partial charge in [-0.25, -0.2) is 0 Å². The minimum Gasteiger partial charge on any atom is -0.461 e. The molecule has 3 rings (SSSR count). The largest absolute Gasteiger partial charge is 0.461 e. The Hall–Kier alpha value is -2.96. The van der Waals surface area contributed by atoms with Gasteiger partial charge in [0.15, 0.2) is 6.29 Å². The van der Waals surface area contributed by atoms with E-state index in [1.807, 2.05) is 30.3 Å². The first-order valence-electron chi connectivity index (χ1n) is 10.1. The van der Waals surface area contributed by atoms with Gasteiger partial charge in [0, 0.05) is 11.5 Å². The fourth-order valence-corrected chi connectivity index (χ4v) is 3.33. The van der Waals surface area contributed by atoms with Gasteiger partial charge in [-0.3, -0.25) is 14.4 Å². The molecule has 0 radical (unpaired) electrons. The second-order valence-electron chi connectivity index (χ2n) is 8.58. The molecule has 1 saturated carbocycles. The predicted molar refractivity (Wildman–Crippen MR) is 108 cm³/mol. The summed E-state index contributed by atoms with van der Waals surface area (Å²) in [6.45, 7) is 5.49. The Labute approximate surface area is 175 Å². The highest BCUT2D eigenvalue weighted by Crippen LogP contribution is 2.45. The van der Waals surface area contributed by atoms with Crippen molar-refractivity contribution in [3.8, 4) is 0 Å². The third kappa shape index (κ3) is 6.02. The predicted octanol–water partition coefficient (Wildman–Crippen LogP) is 4.31. The van der Waals surface area contributed by atoms with Crippen molar-refractivity contribution in [2.75, 3.05) is 0 Å². The summed E-state index contributed by atoms with van der Waals surface area (Å²) >= 11 is 0. The molecule has 160 valence electrons. The van der Waals surface area contributed by atoms with Gasteiger partial charge in [0.1, 0.15) is 12.2 Å². The van der Waals surface area contributed by atoms with Gasteiger partial charge in [-0.1, -0.05) is 35.5 Å². The molecule has 0 aliphatic heterocycles. The molecule has 0 N–H and O–H groups in total. The third-order valence-electron chi connectivity index (χ3n) is 4.75. The molecule has 1 aromatic carbocycles. The molecule has 0 saturated heterocycles. The van der Waals surface area contributed by atoms with Gasteiger partial charge in [0.05, 0.1) is 18.5 Å². The van der Waals surface area contributed by atoms with Crippen LogP contribution in [0.1, 0.15) is 85.7 Å². The Bertz CT molecular complexity index is 892. The van der Waals surface area contributed by atoms with Crippen molar-refractivity contribution in [2.45, 2.75) is 70.5 Å². The van der Waals surface area contributed by atoms with E-state index in [0.717, 1.165) is 18.4 Å². The normalized spacial score (nSPS) is 14.8. The summed E-state index contributed by atoms with van der Waals surface area (Å²) in [4.78, 5) is 36.4. The number of carbonyl (C=O) groups is 3. The van der Waals surface area contributed by atoms with E-state index in [2.05, 4.69) is 5.16 Å². The van der Waals surface area contributed by atoms with Crippen molar-refractivity contribution in [3.05, 3.63) is 52.9 Å². The van der Waals surface area contributed by atoms with Crippen LogP contribution in [0.2, 0.25) is 0 Å². The maximum absolute atomic E-state index is 12.5. The standard InChI is InChI=1S/C23H27NO6/c1-23(2,3)29-20(27)12-17(11-19(26)28-14-15-7-5-4-6-8-15)22-21(16-9-10-16)18(13-25)30-24-22/h4-8,13,16-17H,9-12,14H2,1-3H3/t17-/m1/s1. The molecule has 0 unspecified atom stereocenters. The number of rotatable bonds is 9. The Kier molecular flexibility index (Phi) is 6.70. The monoisotopic (exact) mass is 413 g/mol. The van der Waals surface area contributed by atoms with E-state index in [-0.39, 0.29) is 31.1 Å². The number of nitrogens with zero attached hydrogens (tertiary/aromatic N) is 1. The van der Waals surface area contributed by atoms with Crippen LogP contribution in [0.5, 0.6) is 0 Å². The van der Waals surface area contributed by atoms with Gasteiger partial charge in [0.2, 0.25) is 5.76 Å². The Balaban J connectivity index is 1.76. The second-order valence-corrected chi connectivity index (χ2v) is 8.58. The molecule has 1 atom stereocenters. The van der Waals surface area contributed by atoms with E-state index in [9.17, 15) is 14.4 Å². The molecular formula is C23H27NO6. The molecule has 0 bridgehead atoms. The van der Waals surface area contributed by atoms with Gasteiger partial charge in [-0.15, -0.1) is 0 Å². The van der Waals surface area contributed by atoms with Gasteiger partial charge in [-0.05, 0) is 45.1 Å². The Morgan fingerprint density at radius 2 is 1.83 bits per heavy atom. The highest BCUT2D eigenvalue weighted by atomic mass is 16.6. The lowest BCUT2D eigenvalue weighted by Crippen LogP contribution is -2.26. The van der Waals surface area contributed by atoms with Crippen molar-refractivity contribution in [3.63, 3.8) is 0 Å². The fraction of sp³-hybridized carbons (Fsp3) is 0.478. The van der Waals surface area contributed by atoms with E-state index in [1.54, 1.807) is 20.8 Å². The number of aromatic nitrogens is 1. The topological polar surface area (TPSA) is 95.7 Å².